The molecule has 1 amide bonds. The van der Waals surface area contributed by atoms with E-state index in [1.807, 2.05) is 37.3 Å². The van der Waals surface area contributed by atoms with E-state index in [9.17, 15) is 14.7 Å². The van der Waals surface area contributed by atoms with Crippen LogP contribution in [0.1, 0.15) is 48.3 Å². The number of hydrogen-bond acceptors (Lipinski definition) is 7. The summed E-state index contributed by atoms with van der Waals surface area (Å²) in [6, 6.07) is 20.1. The zero-order valence-electron chi connectivity index (χ0n) is 23.1. The Morgan fingerprint density at radius 3 is 2.41 bits per heavy atom. The molecule has 9 nitrogen and oxygen atoms in total. The van der Waals surface area contributed by atoms with Gasteiger partial charge in [0.25, 0.3) is 0 Å². The van der Waals surface area contributed by atoms with Crippen molar-refractivity contribution in [3.8, 4) is 17.0 Å². The van der Waals surface area contributed by atoms with Crippen molar-refractivity contribution in [3.05, 3.63) is 77.4 Å². The number of benzene rings is 2. The third kappa shape index (κ3) is 5.67. The molecule has 212 valence electrons. The Kier molecular flexibility index (Phi) is 7.45. The van der Waals surface area contributed by atoms with Gasteiger partial charge in [-0.05, 0) is 73.4 Å². The number of para-hydroxylation sites is 1. The molecule has 1 aliphatic carbocycles. The molecule has 2 aromatic carbocycles. The van der Waals surface area contributed by atoms with E-state index in [4.69, 9.17) is 15.5 Å². The number of nitrogens with two attached hydrogens (primary N) is 1. The van der Waals surface area contributed by atoms with Gasteiger partial charge in [0.2, 0.25) is 5.91 Å². The van der Waals surface area contributed by atoms with Crippen molar-refractivity contribution in [2.75, 3.05) is 18.1 Å². The minimum absolute atomic E-state index is 0.295. The lowest BCUT2D eigenvalue weighted by Crippen LogP contribution is -2.43. The number of carboxylic acid groups (broad SMARTS) is 1. The highest BCUT2D eigenvalue weighted by molar-refractivity contribution is 5.92. The van der Waals surface area contributed by atoms with Crippen molar-refractivity contribution in [2.24, 2.45) is 22.7 Å². The molecule has 41 heavy (non-hydrogen) atoms. The van der Waals surface area contributed by atoms with Crippen LogP contribution in [0.2, 0.25) is 0 Å². The van der Waals surface area contributed by atoms with Gasteiger partial charge in [-0.15, -0.1) is 0 Å². The highest BCUT2D eigenvalue weighted by Crippen LogP contribution is 2.36. The van der Waals surface area contributed by atoms with Crippen LogP contribution < -0.4 is 15.5 Å². The first-order valence-electron chi connectivity index (χ1n) is 14.3. The van der Waals surface area contributed by atoms with E-state index in [1.165, 1.54) is 16.8 Å². The van der Waals surface area contributed by atoms with Crippen molar-refractivity contribution in [3.63, 3.8) is 0 Å². The number of carboxylic acids is 1. The number of ether oxygens (including phenoxy) is 1. The average Bonchev–Trinajstić information content (AvgIpc) is 3.77. The first kappa shape index (κ1) is 27.0. The second-order valence-corrected chi connectivity index (χ2v) is 11.2. The molecule has 0 bridgehead atoms. The normalized spacial score (nSPS) is 20.8. The maximum absolute atomic E-state index is 12.4. The SMILES string of the molecule is Cc1cccc(-c2cccc(N3N=CC(C(=O)O)C3N)n2)c1OCc1ccc(C2CCN(C(=O)C3CC3)CC2)cc1. The Balaban J connectivity index is 1.12. The third-order valence-corrected chi connectivity index (χ3v) is 8.31. The van der Waals surface area contributed by atoms with Gasteiger partial charge in [0.15, 0.2) is 5.82 Å². The number of aliphatic carboxylic acids is 1. The number of aryl methyl sites for hydroxylation is 1. The lowest BCUT2D eigenvalue weighted by atomic mass is 9.89. The molecule has 1 aromatic heterocycles. The monoisotopic (exact) mass is 553 g/mol. The van der Waals surface area contributed by atoms with Crippen LogP contribution in [0, 0.1) is 18.8 Å². The van der Waals surface area contributed by atoms with Crippen LogP contribution in [0.5, 0.6) is 5.75 Å². The number of hydrogen-bond donors (Lipinski definition) is 2. The molecule has 2 unspecified atom stereocenters. The van der Waals surface area contributed by atoms with Crippen LogP contribution in [0.15, 0.2) is 65.8 Å². The van der Waals surface area contributed by atoms with Gasteiger partial charge < -0.3 is 20.5 Å². The Labute approximate surface area is 239 Å². The number of carbonyl (C=O) groups is 2. The van der Waals surface area contributed by atoms with E-state index in [1.54, 1.807) is 6.07 Å². The summed E-state index contributed by atoms with van der Waals surface area (Å²) in [6.07, 6.45) is 4.66. The Bertz CT molecular complexity index is 1460. The number of rotatable bonds is 8. The molecule has 2 fully saturated rings. The molecule has 2 aliphatic heterocycles. The van der Waals surface area contributed by atoms with Gasteiger partial charge in [0.1, 0.15) is 24.4 Å². The standard InChI is InChI=1S/C32H35N5O4/c1-20-4-2-5-25(27-6-3-7-28(35-27)37-30(33)26(18-34-37)32(39)40)29(20)41-19-21-8-10-22(11-9-21)23-14-16-36(17-15-23)31(38)24-12-13-24/h2-11,18,23-24,26,30H,12-17,19,33H2,1H3,(H,39,40). The first-order chi connectivity index (χ1) is 19.9. The highest BCUT2D eigenvalue weighted by Gasteiger charge is 2.36. The van der Waals surface area contributed by atoms with Gasteiger partial charge in [-0.25, -0.2) is 9.99 Å². The Hall–Kier alpha value is -4.24. The Morgan fingerprint density at radius 2 is 1.73 bits per heavy atom. The van der Waals surface area contributed by atoms with Crippen LogP contribution in [-0.2, 0) is 16.2 Å². The molecule has 1 saturated carbocycles. The van der Waals surface area contributed by atoms with Gasteiger partial charge in [-0.1, -0.05) is 42.5 Å². The maximum Gasteiger partial charge on any atom is 0.315 e. The fourth-order valence-corrected chi connectivity index (χ4v) is 5.69. The van der Waals surface area contributed by atoms with E-state index in [2.05, 4.69) is 34.3 Å². The van der Waals surface area contributed by atoms with Crippen molar-refractivity contribution < 1.29 is 19.4 Å². The van der Waals surface area contributed by atoms with Crippen LogP contribution in [0.25, 0.3) is 11.3 Å². The fourth-order valence-electron chi connectivity index (χ4n) is 5.69. The van der Waals surface area contributed by atoms with E-state index >= 15 is 0 Å². The van der Waals surface area contributed by atoms with Crippen LogP contribution in [0.3, 0.4) is 0 Å². The number of aromatic nitrogens is 1. The van der Waals surface area contributed by atoms with Crippen LogP contribution >= 0.6 is 0 Å². The summed E-state index contributed by atoms with van der Waals surface area (Å²) in [4.78, 5) is 30.6. The largest absolute Gasteiger partial charge is 0.488 e. The molecule has 3 heterocycles. The third-order valence-electron chi connectivity index (χ3n) is 8.31. The van der Waals surface area contributed by atoms with E-state index in [0.717, 1.165) is 61.2 Å². The lowest BCUT2D eigenvalue weighted by Gasteiger charge is -2.32. The Morgan fingerprint density at radius 1 is 1.00 bits per heavy atom. The zero-order chi connectivity index (χ0) is 28.5. The van der Waals surface area contributed by atoms with E-state index in [-0.39, 0.29) is 0 Å². The van der Waals surface area contributed by atoms with Crippen molar-refractivity contribution in [1.82, 2.24) is 9.88 Å². The molecular formula is C32H35N5O4. The number of nitrogens with zero attached hydrogens (tertiary/aromatic N) is 4. The predicted octanol–water partition coefficient (Wildman–Crippen LogP) is 4.54. The maximum atomic E-state index is 12.4. The second kappa shape index (κ2) is 11.3. The molecule has 3 N–H and O–H groups in total. The van der Waals surface area contributed by atoms with E-state index < -0.39 is 18.1 Å². The number of pyridine rings is 1. The predicted molar refractivity (Wildman–Crippen MR) is 157 cm³/mol. The quantitative estimate of drug-likeness (QED) is 0.420. The molecule has 0 radical (unpaired) electrons. The first-order valence-corrected chi connectivity index (χ1v) is 14.3. The average molecular weight is 554 g/mol. The molecule has 2 atom stereocenters. The lowest BCUT2D eigenvalue weighted by molar-refractivity contribution is -0.139. The molecular weight excluding hydrogens is 518 g/mol. The van der Waals surface area contributed by atoms with Crippen molar-refractivity contribution in [2.45, 2.75) is 51.3 Å². The van der Waals surface area contributed by atoms with Gasteiger partial charge in [-0.3, -0.25) is 9.59 Å². The number of anilines is 1. The van der Waals surface area contributed by atoms with Crippen molar-refractivity contribution in [1.29, 1.82) is 0 Å². The molecule has 3 aliphatic rings. The van der Waals surface area contributed by atoms with Gasteiger partial charge >= 0.3 is 5.97 Å². The molecule has 1 saturated heterocycles. The van der Waals surface area contributed by atoms with Crippen LogP contribution in [-0.4, -0.2) is 52.3 Å². The minimum Gasteiger partial charge on any atom is -0.488 e. The number of hydrazone groups is 1. The molecule has 3 aromatic rings. The van der Waals surface area contributed by atoms with Crippen molar-refractivity contribution >= 4 is 23.9 Å². The van der Waals surface area contributed by atoms with E-state index in [0.29, 0.717) is 35.9 Å². The molecule has 6 rings (SSSR count). The summed E-state index contributed by atoms with van der Waals surface area (Å²) in [5, 5.41) is 15.0. The number of carbonyl (C=O) groups excluding carboxylic acids is 1. The fraction of sp³-hybridized carbons (Fsp3) is 0.375. The summed E-state index contributed by atoms with van der Waals surface area (Å²) >= 11 is 0. The van der Waals surface area contributed by atoms with Crippen LogP contribution in [0.4, 0.5) is 5.82 Å². The highest BCUT2D eigenvalue weighted by atomic mass is 16.5. The summed E-state index contributed by atoms with van der Waals surface area (Å²) in [5.41, 5.74) is 11.0. The summed E-state index contributed by atoms with van der Waals surface area (Å²) in [7, 11) is 0. The number of likely N-dealkylation sites (tertiary alicyclic amines) is 1. The summed E-state index contributed by atoms with van der Waals surface area (Å²) in [5.74, 6) is 0.430. The number of amides is 1. The van der Waals surface area contributed by atoms with Gasteiger partial charge in [0.05, 0.1) is 5.69 Å². The molecule has 0 spiro atoms. The topological polar surface area (TPSA) is 121 Å². The van der Waals surface area contributed by atoms with Gasteiger partial charge in [-0.2, -0.15) is 5.10 Å². The molecule has 9 heteroatoms. The minimum atomic E-state index is -1.02. The summed E-state index contributed by atoms with van der Waals surface area (Å²) in [6.45, 7) is 4.12. The second-order valence-electron chi connectivity index (χ2n) is 11.2. The zero-order valence-corrected chi connectivity index (χ0v) is 23.1. The van der Waals surface area contributed by atoms with Gasteiger partial charge in [0, 0.05) is 30.8 Å². The number of piperidine rings is 1. The summed E-state index contributed by atoms with van der Waals surface area (Å²) < 4.78 is 6.37. The smallest absolute Gasteiger partial charge is 0.315 e.